The summed E-state index contributed by atoms with van der Waals surface area (Å²) in [6, 6.07) is 17.7. The van der Waals surface area contributed by atoms with Crippen LogP contribution in [0, 0.1) is 13.8 Å². The maximum atomic E-state index is 12.9. The first-order valence-corrected chi connectivity index (χ1v) is 9.40. The van der Waals surface area contributed by atoms with Crippen LogP contribution in [-0.4, -0.2) is 22.4 Å². The van der Waals surface area contributed by atoms with Gasteiger partial charge in [-0.15, -0.1) is 11.3 Å². The molecule has 0 fully saturated rings. The Balaban J connectivity index is 1.72. The van der Waals surface area contributed by atoms with Crippen molar-refractivity contribution in [1.29, 1.82) is 0 Å². The summed E-state index contributed by atoms with van der Waals surface area (Å²) in [5.41, 5.74) is 4.91. The van der Waals surface area contributed by atoms with Gasteiger partial charge < -0.3 is 9.64 Å². The molecule has 134 valence electrons. The third-order valence-corrected chi connectivity index (χ3v) is 5.11. The van der Waals surface area contributed by atoms with Crippen molar-refractivity contribution >= 4 is 17.2 Å². The summed E-state index contributed by atoms with van der Waals surface area (Å²) in [6.45, 7) is 5.06. The molecule has 5 heteroatoms. The first-order chi connectivity index (χ1) is 12.6. The lowest BCUT2D eigenvalue weighted by atomic mass is 10.2. The Morgan fingerprint density at radius 2 is 1.77 bits per heavy atom. The van der Waals surface area contributed by atoms with Gasteiger partial charge in [0.2, 0.25) is 0 Å². The summed E-state index contributed by atoms with van der Waals surface area (Å²) < 4.78 is 5.76. The van der Waals surface area contributed by atoms with Crippen LogP contribution in [0.4, 0.5) is 0 Å². The van der Waals surface area contributed by atoms with E-state index in [4.69, 9.17) is 4.74 Å². The van der Waals surface area contributed by atoms with Gasteiger partial charge in [0.05, 0.1) is 17.7 Å². The lowest BCUT2D eigenvalue weighted by Gasteiger charge is -2.23. The minimum atomic E-state index is -0.0371. The zero-order valence-electron chi connectivity index (χ0n) is 15.0. The van der Waals surface area contributed by atoms with E-state index < -0.39 is 0 Å². The number of benzene rings is 2. The highest BCUT2D eigenvalue weighted by Gasteiger charge is 2.17. The van der Waals surface area contributed by atoms with Gasteiger partial charge in [-0.2, -0.15) is 0 Å². The largest absolute Gasteiger partial charge is 0.484 e. The minimum Gasteiger partial charge on any atom is -0.484 e. The number of hydrogen-bond donors (Lipinski definition) is 0. The molecule has 0 spiro atoms. The lowest BCUT2D eigenvalue weighted by molar-refractivity contribution is -0.134. The van der Waals surface area contributed by atoms with Crippen LogP contribution in [0.5, 0.6) is 5.75 Å². The SMILES string of the molecule is Cc1ccccc1OCC(=O)N(Cc1ccccc1)Cc1scnc1C. The molecule has 0 saturated carbocycles. The molecule has 0 N–H and O–H groups in total. The van der Waals surface area contributed by atoms with Gasteiger partial charge in [0.1, 0.15) is 5.75 Å². The second-order valence-electron chi connectivity index (χ2n) is 6.15. The van der Waals surface area contributed by atoms with E-state index in [1.54, 1.807) is 11.3 Å². The number of thiazole rings is 1. The molecular formula is C21H22N2O2S. The summed E-state index contributed by atoms with van der Waals surface area (Å²) in [5, 5.41) is 0. The molecular weight excluding hydrogens is 344 g/mol. The summed E-state index contributed by atoms with van der Waals surface area (Å²) in [6.07, 6.45) is 0. The molecule has 1 heterocycles. The Morgan fingerprint density at radius 3 is 2.46 bits per heavy atom. The van der Waals surface area contributed by atoms with Crippen molar-refractivity contribution in [2.75, 3.05) is 6.61 Å². The van der Waals surface area contributed by atoms with Crippen LogP contribution >= 0.6 is 11.3 Å². The molecule has 26 heavy (non-hydrogen) atoms. The molecule has 0 aliphatic heterocycles. The van der Waals surface area contributed by atoms with E-state index in [9.17, 15) is 4.79 Å². The van der Waals surface area contributed by atoms with Gasteiger partial charge in [0.15, 0.2) is 6.61 Å². The zero-order valence-corrected chi connectivity index (χ0v) is 15.8. The number of hydrogen-bond acceptors (Lipinski definition) is 4. The smallest absolute Gasteiger partial charge is 0.261 e. The summed E-state index contributed by atoms with van der Waals surface area (Å²) in [5.74, 6) is 0.708. The number of aryl methyl sites for hydroxylation is 2. The third kappa shape index (κ3) is 4.70. The fourth-order valence-electron chi connectivity index (χ4n) is 2.64. The van der Waals surface area contributed by atoms with Crippen molar-refractivity contribution in [3.05, 3.63) is 81.8 Å². The Morgan fingerprint density at radius 1 is 1.04 bits per heavy atom. The van der Waals surface area contributed by atoms with Gasteiger partial charge in [0, 0.05) is 11.4 Å². The highest BCUT2D eigenvalue weighted by molar-refractivity contribution is 7.09. The van der Waals surface area contributed by atoms with E-state index in [1.165, 1.54) is 0 Å². The van der Waals surface area contributed by atoms with Crippen molar-refractivity contribution in [3.63, 3.8) is 0 Å². The second kappa shape index (κ2) is 8.63. The first-order valence-electron chi connectivity index (χ1n) is 8.52. The monoisotopic (exact) mass is 366 g/mol. The fourth-order valence-corrected chi connectivity index (χ4v) is 3.43. The zero-order chi connectivity index (χ0) is 18.4. The minimum absolute atomic E-state index is 0.0234. The van der Waals surface area contributed by atoms with Crippen molar-refractivity contribution in [1.82, 2.24) is 9.88 Å². The van der Waals surface area contributed by atoms with Crippen LogP contribution < -0.4 is 4.74 Å². The van der Waals surface area contributed by atoms with Crippen LogP contribution in [0.3, 0.4) is 0 Å². The molecule has 0 aliphatic carbocycles. The van der Waals surface area contributed by atoms with Crippen molar-refractivity contribution in [3.8, 4) is 5.75 Å². The molecule has 0 unspecified atom stereocenters. The van der Waals surface area contributed by atoms with Gasteiger partial charge in [-0.05, 0) is 31.0 Å². The van der Waals surface area contributed by atoms with Crippen LogP contribution in [0.2, 0.25) is 0 Å². The maximum Gasteiger partial charge on any atom is 0.261 e. The number of aromatic nitrogens is 1. The predicted octanol–water partition coefficient (Wildman–Crippen LogP) is 4.37. The van der Waals surface area contributed by atoms with E-state index in [0.717, 1.165) is 27.4 Å². The molecule has 0 bridgehead atoms. The summed E-state index contributed by atoms with van der Waals surface area (Å²) in [7, 11) is 0. The van der Waals surface area contributed by atoms with Gasteiger partial charge in [-0.3, -0.25) is 4.79 Å². The van der Waals surface area contributed by atoms with E-state index in [0.29, 0.717) is 13.1 Å². The first kappa shape index (κ1) is 18.1. The van der Waals surface area contributed by atoms with E-state index in [1.807, 2.05) is 78.9 Å². The highest BCUT2D eigenvalue weighted by Crippen LogP contribution is 2.19. The molecule has 3 rings (SSSR count). The average Bonchev–Trinajstić information content (AvgIpc) is 3.06. The van der Waals surface area contributed by atoms with Crippen LogP contribution in [0.15, 0.2) is 60.1 Å². The number of ether oxygens (including phenoxy) is 1. The molecule has 1 aromatic heterocycles. The Bertz CT molecular complexity index is 861. The predicted molar refractivity (Wildman–Crippen MR) is 104 cm³/mol. The molecule has 0 radical (unpaired) electrons. The second-order valence-corrected chi connectivity index (χ2v) is 7.09. The Labute approximate surface area is 158 Å². The molecule has 0 aliphatic rings. The number of amides is 1. The van der Waals surface area contributed by atoms with E-state index in [-0.39, 0.29) is 12.5 Å². The van der Waals surface area contributed by atoms with Gasteiger partial charge >= 0.3 is 0 Å². The molecule has 3 aromatic rings. The Hall–Kier alpha value is -2.66. The van der Waals surface area contributed by atoms with Crippen molar-refractivity contribution in [2.45, 2.75) is 26.9 Å². The number of nitrogens with zero attached hydrogens (tertiary/aromatic N) is 2. The van der Waals surface area contributed by atoms with Gasteiger partial charge in [-0.1, -0.05) is 48.5 Å². The number of carbonyl (C=O) groups is 1. The molecule has 4 nitrogen and oxygen atoms in total. The average molecular weight is 366 g/mol. The van der Waals surface area contributed by atoms with E-state index in [2.05, 4.69) is 4.98 Å². The van der Waals surface area contributed by atoms with Crippen LogP contribution in [0.25, 0.3) is 0 Å². The number of para-hydroxylation sites is 1. The fraction of sp³-hybridized carbons (Fsp3) is 0.238. The van der Waals surface area contributed by atoms with Crippen molar-refractivity contribution in [2.24, 2.45) is 0 Å². The molecule has 0 atom stereocenters. The van der Waals surface area contributed by atoms with Gasteiger partial charge in [0.25, 0.3) is 5.91 Å². The number of carbonyl (C=O) groups excluding carboxylic acids is 1. The van der Waals surface area contributed by atoms with E-state index >= 15 is 0 Å². The normalized spacial score (nSPS) is 10.5. The molecule has 0 saturated heterocycles. The summed E-state index contributed by atoms with van der Waals surface area (Å²) >= 11 is 1.58. The topological polar surface area (TPSA) is 42.4 Å². The van der Waals surface area contributed by atoms with Crippen LogP contribution in [-0.2, 0) is 17.9 Å². The standard InChI is InChI=1S/C21H22N2O2S/c1-16-8-6-7-11-19(16)25-14-21(24)23(12-18-9-4-3-5-10-18)13-20-17(2)22-15-26-20/h3-11,15H,12-14H2,1-2H3. The molecule has 2 aromatic carbocycles. The summed E-state index contributed by atoms with van der Waals surface area (Å²) in [4.78, 5) is 20.1. The maximum absolute atomic E-state index is 12.9. The third-order valence-electron chi connectivity index (χ3n) is 4.19. The van der Waals surface area contributed by atoms with Gasteiger partial charge in [-0.25, -0.2) is 4.98 Å². The number of rotatable bonds is 7. The highest BCUT2D eigenvalue weighted by atomic mass is 32.1. The Kier molecular flexibility index (Phi) is 6.02. The quantitative estimate of drug-likeness (QED) is 0.624. The lowest BCUT2D eigenvalue weighted by Crippen LogP contribution is -2.34. The van der Waals surface area contributed by atoms with Crippen molar-refractivity contribution < 1.29 is 9.53 Å². The molecule has 1 amide bonds. The van der Waals surface area contributed by atoms with Crippen LogP contribution in [0.1, 0.15) is 21.7 Å².